The third-order valence-corrected chi connectivity index (χ3v) is 2.62. The van der Waals surface area contributed by atoms with Crippen molar-refractivity contribution in [3.05, 3.63) is 34.9 Å². The Morgan fingerprint density at radius 1 is 1.33 bits per heavy atom. The molecule has 0 saturated heterocycles. The van der Waals surface area contributed by atoms with Crippen LogP contribution in [-0.2, 0) is 0 Å². The molecular weight excluding hydrogens is 254 g/mol. The maximum Gasteiger partial charge on any atom is 0.130 e. The second-order valence-electron chi connectivity index (χ2n) is 3.32. The highest BCUT2D eigenvalue weighted by atomic mass is 79.9. The van der Waals surface area contributed by atoms with E-state index in [9.17, 15) is 0 Å². The molecule has 0 unspecified atom stereocenters. The van der Waals surface area contributed by atoms with E-state index < -0.39 is 0 Å². The first-order valence-electron chi connectivity index (χ1n) is 4.98. The third kappa shape index (κ3) is 2.29. The van der Waals surface area contributed by atoms with E-state index in [1.807, 2.05) is 24.3 Å². The molecule has 2 aromatic rings. The monoisotopic (exact) mass is 265 g/mol. The Morgan fingerprint density at radius 3 is 3.00 bits per heavy atom. The van der Waals surface area contributed by atoms with Gasteiger partial charge in [-0.1, -0.05) is 22.9 Å². The van der Waals surface area contributed by atoms with E-state index in [0.717, 1.165) is 34.2 Å². The lowest BCUT2D eigenvalue weighted by Crippen LogP contribution is -1.96. The van der Waals surface area contributed by atoms with Crippen LogP contribution in [0.4, 0.5) is 0 Å². The van der Waals surface area contributed by atoms with Crippen LogP contribution in [0.1, 0.15) is 13.3 Å². The number of benzene rings is 1. The number of hydrogen-bond acceptors (Lipinski definition) is 2. The lowest BCUT2D eigenvalue weighted by atomic mass is 10.2. The smallest absolute Gasteiger partial charge is 0.130 e. The van der Waals surface area contributed by atoms with Crippen molar-refractivity contribution >= 4 is 26.8 Å². The first kappa shape index (κ1) is 10.4. The van der Waals surface area contributed by atoms with E-state index in [0.29, 0.717) is 0 Å². The summed E-state index contributed by atoms with van der Waals surface area (Å²) >= 11 is 3.45. The quantitative estimate of drug-likeness (QED) is 0.843. The zero-order chi connectivity index (χ0) is 10.7. The molecule has 2 rings (SSSR count). The molecule has 0 atom stereocenters. The zero-order valence-corrected chi connectivity index (χ0v) is 10.1. The second-order valence-corrected chi connectivity index (χ2v) is 4.23. The first-order valence-corrected chi connectivity index (χ1v) is 5.77. The molecule has 0 bridgehead atoms. The lowest BCUT2D eigenvalue weighted by Gasteiger charge is -2.07. The fourth-order valence-corrected chi connectivity index (χ4v) is 1.79. The highest BCUT2D eigenvalue weighted by Crippen LogP contribution is 2.26. The summed E-state index contributed by atoms with van der Waals surface area (Å²) in [7, 11) is 0. The van der Waals surface area contributed by atoms with Crippen LogP contribution in [-0.4, -0.2) is 11.6 Å². The van der Waals surface area contributed by atoms with Crippen LogP contribution < -0.4 is 4.74 Å². The topological polar surface area (TPSA) is 22.1 Å². The summed E-state index contributed by atoms with van der Waals surface area (Å²) in [6, 6.07) is 7.91. The Balaban J connectivity index is 2.48. The van der Waals surface area contributed by atoms with Crippen molar-refractivity contribution in [3.8, 4) is 5.75 Å². The number of ether oxygens (including phenoxy) is 1. The minimum absolute atomic E-state index is 0.742. The molecule has 0 saturated carbocycles. The maximum atomic E-state index is 5.66. The lowest BCUT2D eigenvalue weighted by molar-refractivity contribution is 0.321. The van der Waals surface area contributed by atoms with Crippen molar-refractivity contribution in [2.75, 3.05) is 6.61 Å². The Morgan fingerprint density at radius 2 is 2.20 bits per heavy atom. The summed E-state index contributed by atoms with van der Waals surface area (Å²) in [5.41, 5.74) is 0.965. The predicted octanol–water partition coefficient (Wildman–Crippen LogP) is 3.79. The molecule has 0 aliphatic rings. The minimum atomic E-state index is 0.742. The van der Waals surface area contributed by atoms with Gasteiger partial charge in [-0.2, -0.15) is 0 Å². The minimum Gasteiger partial charge on any atom is -0.493 e. The van der Waals surface area contributed by atoms with Crippen LogP contribution in [0.3, 0.4) is 0 Å². The summed E-state index contributed by atoms with van der Waals surface area (Å²) in [4.78, 5) is 4.29. The van der Waals surface area contributed by atoms with Gasteiger partial charge in [0.05, 0.1) is 12.1 Å². The van der Waals surface area contributed by atoms with Gasteiger partial charge in [-0.3, -0.25) is 4.98 Å². The van der Waals surface area contributed by atoms with E-state index in [4.69, 9.17) is 4.74 Å². The molecule has 0 radical (unpaired) electrons. The van der Waals surface area contributed by atoms with Gasteiger partial charge in [-0.05, 0) is 30.7 Å². The highest BCUT2D eigenvalue weighted by molar-refractivity contribution is 9.10. The van der Waals surface area contributed by atoms with E-state index >= 15 is 0 Å². The number of aromatic nitrogens is 1. The average molecular weight is 266 g/mol. The molecule has 0 spiro atoms. The number of pyridine rings is 1. The molecule has 15 heavy (non-hydrogen) atoms. The second kappa shape index (κ2) is 4.62. The van der Waals surface area contributed by atoms with Crippen molar-refractivity contribution in [1.82, 2.24) is 4.98 Å². The van der Waals surface area contributed by atoms with Gasteiger partial charge in [0.2, 0.25) is 0 Å². The van der Waals surface area contributed by atoms with Gasteiger partial charge in [-0.15, -0.1) is 0 Å². The molecule has 2 nitrogen and oxygen atoms in total. The highest BCUT2D eigenvalue weighted by Gasteiger charge is 2.02. The van der Waals surface area contributed by atoms with Crippen LogP contribution in [0, 0.1) is 0 Å². The molecule has 1 aromatic heterocycles. The summed E-state index contributed by atoms with van der Waals surface area (Å²) in [6.07, 6.45) is 2.79. The zero-order valence-electron chi connectivity index (χ0n) is 8.53. The molecule has 0 fully saturated rings. The fourth-order valence-electron chi connectivity index (χ4n) is 1.43. The Kier molecular flexibility index (Phi) is 3.21. The summed E-state index contributed by atoms with van der Waals surface area (Å²) in [6.45, 7) is 2.84. The largest absolute Gasteiger partial charge is 0.493 e. The normalized spacial score (nSPS) is 10.5. The van der Waals surface area contributed by atoms with Crippen molar-refractivity contribution in [1.29, 1.82) is 0 Å². The predicted molar refractivity (Wildman–Crippen MR) is 65.2 cm³/mol. The van der Waals surface area contributed by atoms with Crippen LogP contribution in [0.2, 0.25) is 0 Å². The Hall–Kier alpha value is -1.09. The number of hydrogen-bond donors (Lipinski definition) is 0. The van der Waals surface area contributed by atoms with Crippen molar-refractivity contribution in [3.63, 3.8) is 0 Å². The van der Waals surface area contributed by atoms with Crippen molar-refractivity contribution < 1.29 is 4.74 Å². The van der Waals surface area contributed by atoms with Gasteiger partial charge >= 0.3 is 0 Å². The van der Waals surface area contributed by atoms with Gasteiger partial charge < -0.3 is 4.74 Å². The molecule has 1 heterocycles. The molecule has 3 heteroatoms. The SMILES string of the molecule is CCCOc1ccnc2ccc(Br)cc12. The van der Waals surface area contributed by atoms with Crippen molar-refractivity contribution in [2.24, 2.45) is 0 Å². The molecule has 0 aliphatic carbocycles. The van der Waals surface area contributed by atoms with Crippen LogP contribution >= 0.6 is 15.9 Å². The number of halogens is 1. The van der Waals surface area contributed by atoms with Gasteiger partial charge in [0.25, 0.3) is 0 Å². The number of rotatable bonds is 3. The fraction of sp³-hybridized carbons (Fsp3) is 0.250. The Labute approximate surface area is 97.4 Å². The van der Waals surface area contributed by atoms with E-state index in [1.165, 1.54) is 0 Å². The standard InChI is InChI=1S/C12H12BrNO/c1-2-7-15-12-5-6-14-11-4-3-9(13)8-10(11)12/h3-6,8H,2,7H2,1H3. The first-order chi connectivity index (χ1) is 7.31. The van der Waals surface area contributed by atoms with Gasteiger partial charge in [0.1, 0.15) is 5.75 Å². The molecular formula is C12H12BrNO. The van der Waals surface area contributed by atoms with Crippen molar-refractivity contribution in [2.45, 2.75) is 13.3 Å². The Bertz CT molecular complexity index is 470. The van der Waals surface area contributed by atoms with Gasteiger partial charge in [0.15, 0.2) is 0 Å². The maximum absolute atomic E-state index is 5.66. The van der Waals surface area contributed by atoms with E-state index in [-0.39, 0.29) is 0 Å². The summed E-state index contributed by atoms with van der Waals surface area (Å²) < 4.78 is 6.71. The summed E-state index contributed by atoms with van der Waals surface area (Å²) in [5, 5.41) is 1.06. The van der Waals surface area contributed by atoms with Crippen LogP contribution in [0.5, 0.6) is 5.75 Å². The molecule has 0 amide bonds. The molecule has 0 aliphatic heterocycles. The summed E-state index contributed by atoms with van der Waals surface area (Å²) in [5.74, 6) is 0.906. The average Bonchev–Trinajstić information content (AvgIpc) is 2.26. The van der Waals surface area contributed by atoms with Crippen LogP contribution in [0.25, 0.3) is 10.9 Å². The van der Waals surface area contributed by atoms with Gasteiger partial charge in [-0.25, -0.2) is 0 Å². The molecule has 1 aromatic carbocycles. The van der Waals surface area contributed by atoms with E-state index in [1.54, 1.807) is 6.20 Å². The molecule has 78 valence electrons. The number of fused-ring (bicyclic) bond motifs is 1. The molecule has 0 N–H and O–H groups in total. The number of nitrogens with zero attached hydrogens (tertiary/aromatic N) is 1. The van der Waals surface area contributed by atoms with Gasteiger partial charge in [0, 0.05) is 16.1 Å². The van der Waals surface area contributed by atoms with E-state index in [2.05, 4.69) is 27.8 Å². The third-order valence-electron chi connectivity index (χ3n) is 2.13. The van der Waals surface area contributed by atoms with Crippen LogP contribution in [0.15, 0.2) is 34.9 Å².